The van der Waals surface area contributed by atoms with Crippen LogP contribution in [0.5, 0.6) is 0 Å². The standard InChI is InChI=1S/C15H11F3N4O2/c1-7-10(6-11-12(19-7)22-14(24)21-11)8-2-4-9(5-3-8)20-13(23)15(16,17)18/h2-6H,1H3,(H,20,23)(H2,19,21,22,24). The normalized spacial score (nSPS) is 11.7. The van der Waals surface area contributed by atoms with E-state index in [0.29, 0.717) is 28.0 Å². The number of imidazole rings is 1. The number of fused-ring (bicyclic) bond motifs is 1. The first-order valence-corrected chi connectivity index (χ1v) is 6.82. The quantitative estimate of drug-likeness (QED) is 0.672. The van der Waals surface area contributed by atoms with Gasteiger partial charge in [-0.2, -0.15) is 13.2 Å². The van der Waals surface area contributed by atoms with Crippen LogP contribution >= 0.6 is 0 Å². The molecule has 0 bridgehead atoms. The van der Waals surface area contributed by atoms with Crippen molar-refractivity contribution in [3.05, 3.63) is 46.5 Å². The van der Waals surface area contributed by atoms with Crippen molar-refractivity contribution in [2.45, 2.75) is 13.1 Å². The Morgan fingerprint density at radius 1 is 1.17 bits per heavy atom. The maximum atomic E-state index is 12.2. The van der Waals surface area contributed by atoms with Gasteiger partial charge in [-0.1, -0.05) is 12.1 Å². The van der Waals surface area contributed by atoms with Crippen molar-refractivity contribution in [3.63, 3.8) is 0 Å². The predicted octanol–water partition coefficient (Wildman–Crippen LogP) is 2.73. The molecule has 0 aliphatic rings. The number of halogens is 3. The Bertz CT molecular complexity index is 971. The molecule has 2 aromatic heterocycles. The summed E-state index contributed by atoms with van der Waals surface area (Å²) in [5, 5.41) is 1.78. The van der Waals surface area contributed by atoms with E-state index in [9.17, 15) is 22.8 Å². The Labute approximate surface area is 132 Å². The van der Waals surface area contributed by atoms with Gasteiger partial charge in [-0.25, -0.2) is 9.78 Å². The van der Waals surface area contributed by atoms with Crippen molar-refractivity contribution in [1.82, 2.24) is 15.0 Å². The Morgan fingerprint density at radius 3 is 2.46 bits per heavy atom. The molecule has 24 heavy (non-hydrogen) atoms. The molecule has 124 valence electrons. The van der Waals surface area contributed by atoms with Crippen LogP contribution in [0.2, 0.25) is 0 Å². The maximum absolute atomic E-state index is 12.2. The summed E-state index contributed by atoms with van der Waals surface area (Å²) in [4.78, 5) is 31.6. The first-order valence-electron chi connectivity index (χ1n) is 6.82. The number of carbonyl (C=O) groups excluding carboxylic acids is 1. The average molecular weight is 336 g/mol. The van der Waals surface area contributed by atoms with E-state index in [4.69, 9.17) is 0 Å². The lowest BCUT2D eigenvalue weighted by Gasteiger charge is -2.09. The number of nitrogens with one attached hydrogen (secondary N) is 3. The summed E-state index contributed by atoms with van der Waals surface area (Å²) >= 11 is 0. The summed E-state index contributed by atoms with van der Waals surface area (Å²) in [6.45, 7) is 1.75. The molecular formula is C15H11F3N4O2. The van der Waals surface area contributed by atoms with Gasteiger partial charge in [0.2, 0.25) is 0 Å². The Balaban J connectivity index is 1.92. The minimum absolute atomic E-state index is 0.0304. The van der Waals surface area contributed by atoms with E-state index < -0.39 is 12.1 Å². The minimum atomic E-state index is -4.94. The molecule has 1 amide bonds. The van der Waals surface area contributed by atoms with E-state index in [1.807, 2.05) is 0 Å². The molecule has 0 atom stereocenters. The number of anilines is 1. The summed E-state index contributed by atoms with van der Waals surface area (Å²) in [7, 11) is 0. The van der Waals surface area contributed by atoms with Crippen molar-refractivity contribution in [1.29, 1.82) is 0 Å². The van der Waals surface area contributed by atoms with Crippen molar-refractivity contribution in [3.8, 4) is 11.1 Å². The van der Waals surface area contributed by atoms with Crippen LogP contribution in [0.25, 0.3) is 22.3 Å². The molecule has 6 nitrogen and oxygen atoms in total. The molecule has 9 heteroatoms. The van der Waals surface area contributed by atoms with Crippen molar-refractivity contribution >= 4 is 22.8 Å². The fourth-order valence-corrected chi connectivity index (χ4v) is 2.28. The molecule has 0 aliphatic carbocycles. The smallest absolute Gasteiger partial charge is 0.318 e. The third-order valence-corrected chi connectivity index (χ3v) is 3.40. The second-order valence-corrected chi connectivity index (χ2v) is 5.13. The van der Waals surface area contributed by atoms with Gasteiger partial charge in [0.05, 0.1) is 5.52 Å². The highest BCUT2D eigenvalue weighted by Gasteiger charge is 2.38. The van der Waals surface area contributed by atoms with Gasteiger partial charge in [-0.15, -0.1) is 0 Å². The number of benzene rings is 1. The fraction of sp³-hybridized carbons (Fsp3) is 0.133. The lowest BCUT2D eigenvalue weighted by atomic mass is 10.0. The van der Waals surface area contributed by atoms with E-state index in [1.54, 1.807) is 30.4 Å². The van der Waals surface area contributed by atoms with E-state index in [1.165, 1.54) is 12.1 Å². The third kappa shape index (κ3) is 3.00. The molecule has 1 aromatic carbocycles. The van der Waals surface area contributed by atoms with Crippen LogP contribution in [0.1, 0.15) is 5.69 Å². The number of aromatic nitrogens is 3. The molecule has 0 aliphatic heterocycles. The van der Waals surface area contributed by atoms with Gasteiger partial charge < -0.3 is 10.3 Å². The second kappa shape index (κ2) is 5.52. The number of rotatable bonds is 2. The number of amides is 1. The number of hydrogen-bond donors (Lipinski definition) is 3. The molecule has 3 rings (SSSR count). The molecule has 0 radical (unpaired) electrons. The summed E-state index contributed by atoms with van der Waals surface area (Å²) in [5.74, 6) is -2.03. The molecule has 0 saturated carbocycles. The van der Waals surface area contributed by atoms with E-state index in [0.717, 1.165) is 0 Å². The van der Waals surface area contributed by atoms with Crippen LogP contribution in [0.15, 0.2) is 35.1 Å². The third-order valence-electron chi connectivity index (χ3n) is 3.40. The molecule has 0 spiro atoms. The number of alkyl halides is 3. The Kier molecular flexibility index (Phi) is 3.63. The van der Waals surface area contributed by atoms with Gasteiger partial charge in [-0.05, 0) is 30.7 Å². The van der Waals surface area contributed by atoms with Crippen LogP contribution in [0, 0.1) is 6.92 Å². The number of carbonyl (C=O) groups is 1. The SMILES string of the molecule is Cc1nc2[nH]c(=O)[nH]c2cc1-c1ccc(NC(=O)C(F)(F)F)cc1. The van der Waals surface area contributed by atoms with Gasteiger partial charge in [0.25, 0.3) is 0 Å². The maximum Gasteiger partial charge on any atom is 0.471 e. The van der Waals surface area contributed by atoms with Crippen molar-refractivity contribution in [2.24, 2.45) is 0 Å². The number of hydrogen-bond acceptors (Lipinski definition) is 3. The van der Waals surface area contributed by atoms with Gasteiger partial charge >= 0.3 is 17.8 Å². The van der Waals surface area contributed by atoms with Crippen LogP contribution < -0.4 is 11.0 Å². The minimum Gasteiger partial charge on any atom is -0.318 e. The summed E-state index contributed by atoms with van der Waals surface area (Å²) in [6, 6.07) is 7.57. The van der Waals surface area contributed by atoms with Gasteiger partial charge in [0.1, 0.15) is 0 Å². The molecule has 3 aromatic rings. The van der Waals surface area contributed by atoms with E-state index >= 15 is 0 Å². The van der Waals surface area contributed by atoms with Crippen LogP contribution in [0.3, 0.4) is 0 Å². The molecule has 0 fully saturated rings. The van der Waals surface area contributed by atoms with Gasteiger partial charge in [0, 0.05) is 16.9 Å². The number of H-pyrrole nitrogens is 2. The molecule has 2 heterocycles. The zero-order chi connectivity index (χ0) is 17.5. The topological polar surface area (TPSA) is 90.6 Å². The first-order chi connectivity index (χ1) is 11.2. The highest BCUT2D eigenvalue weighted by atomic mass is 19.4. The summed E-state index contributed by atoms with van der Waals surface area (Å²) in [5.41, 5.74) is 2.65. The van der Waals surface area contributed by atoms with Crippen LogP contribution in [-0.4, -0.2) is 27.0 Å². The van der Waals surface area contributed by atoms with Gasteiger partial charge in [0.15, 0.2) is 5.65 Å². The fourth-order valence-electron chi connectivity index (χ4n) is 2.28. The molecule has 3 N–H and O–H groups in total. The number of nitrogens with zero attached hydrogens (tertiary/aromatic N) is 1. The van der Waals surface area contributed by atoms with Crippen molar-refractivity contribution in [2.75, 3.05) is 5.32 Å². The highest BCUT2D eigenvalue weighted by molar-refractivity contribution is 5.95. The summed E-state index contributed by atoms with van der Waals surface area (Å²) in [6.07, 6.45) is -4.94. The monoisotopic (exact) mass is 336 g/mol. The number of aryl methyl sites for hydroxylation is 1. The van der Waals surface area contributed by atoms with Crippen LogP contribution in [0.4, 0.5) is 18.9 Å². The molecular weight excluding hydrogens is 325 g/mol. The number of aromatic amines is 2. The average Bonchev–Trinajstić information content (AvgIpc) is 2.85. The predicted molar refractivity (Wildman–Crippen MR) is 81.6 cm³/mol. The lowest BCUT2D eigenvalue weighted by molar-refractivity contribution is -0.167. The Morgan fingerprint density at radius 2 is 1.83 bits per heavy atom. The van der Waals surface area contributed by atoms with E-state index in [2.05, 4.69) is 15.0 Å². The zero-order valence-electron chi connectivity index (χ0n) is 12.3. The van der Waals surface area contributed by atoms with E-state index in [-0.39, 0.29) is 11.4 Å². The number of pyridine rings is 1. The Hall–Kier alpha value is -3.10. The van der Waals surface area contributed by atoms with Gasteiger partial charge in [-0.3, -0.25) is 9.78 Å². The first kappa shape index (κ1) is 15.8. The second-order valence-electron chi connectivity index (χ2n) is 5.13. The zero-order valence-corrected chi connectivity index (χ0v) is 12.3. The summed E-state index contributed by atoms with van der Waals surface area (Å²) < 4.78 is 36.7. The van der Waals surface area contributed by atoms with Crippen molar-refractivity contribution < 1.29 is 18.0 Å². The largest absolute Gasteiger partial charge is 0.471 e. The molecule has 0 saturated heterocycles. The van der Waals surface area contributed by atoms with Crippen LogP contribution in [-0.2, 0) is 4.79 Å². The highest BCUT2D eigenvalue weighted by Crippen LogP contribution is 2.26. The lowest BCUT2D eigenvalue weighted by Crippen LogP contribution is -2.29. The molecule has 0 unspecified atom stereocenters.